The molecule has 0 aliphatic rings. The number of nitrogens with zero attached hydrogens (tertiary/aromatic N) is 1. The van der Waals surface area contributed by atoms with Crippen LogP contribution in [-0.2, 0) is 0 Å². The molecule has 0 aliphatic heterocycles. The third kappa shape index (κ3) is 2.96. The maximum Gasteiger partial charge on any atom is 0.254 e. The van der Waals surface area contributed by atoms with Gasteiger partial charge in [0.25, 0.3) is 5.91 Å². The average Bonchev–Trinajstić information content (AvgIpc) is 2.63. The lowest BCUT2D eigenvalue weighted by Gasteiger charge is -2.18. The van der Waals surface area contributed by atoms with E-state index in [0.717, 1.165) is 5.69 Å². The summed E-state index contributed by atoms with van der Waals surface area (Å²) in [5.41, 5.74) is 1.36. The van der Waals surface area contributed by atoms with Crippen molar-refractivity contribution in [1.29, 1.82) is 0 Å². The van der Waals surface area contributed by atoms with Gasteiger partial charge < -0.3 is 5.32 Å². The van der Waals surface area contributed by atoms with Crippen molar-refractivity contribution in [3.05, 3.63) is 17.5 Å². The van der Waals surface area contributed by atoms with Gasteiger partial charge in [-0.05, 0) is 19.8 Å². The highest BCUT2D eigenvalue weighted by Crippen LogP contribution is 2.07. The Morgan fingerprint density at radius 1 is 1.67 bits per heavy atom. The van der Waals surface area contributed by atoms with Gasteiger partial charge in [0, 0.05) is 17.6 Å². The molecule has 0 saturated carbocycles. The Morgan fingerprint density at radius 2 is 2.33 bits per heavy atom. The fourth-order valence-corrected chi connectivity index (χ4v) is 1.41. The number of hydrogen-bond acceptors (Lipinski definition) is 2. The second-order valence-electron chi connectivity index (χ2n) is 3.80. The monoisotopic (exact) mass is 229 g/mol. The molecule has 1 aromatic rings. The Kier molecular flexibility index (Phi) is 4.15. The van der Waals surface area contributed by atoms with Gasteiger partial charge in [0.2, 0.25) is 0 Å². The van der Waals surface area contributed by atoms with Gasteiger partial charge in [-0.25, -0.2) is 0 Å². The van der Waals surface area contributed by atoms with Crippen molar-refractivity contribution in [1.82, 2.24) is 15.5 Å². The lowest BCUT2D eigenvalue weighted by atomic mass is 10.1. The number of aromatic amines is 1. The molecule has 0 bridgehead atoms. The van der Waals surface area contributed by atoms with E-state index in [-0.39, 0.29) is 17.9 Å². The van der Waals surface area contributed by atoms with Crippen LogP contribution < -0.4 is 5.32 Å². The Labute approximate surface area is 94.4 Å². The van der Waals surface area contributed by atoms with Gasteiger partial charge in [0.1, 0.15) is 0 Å². The van der Waals surface area contributed by atoms with Crippen LogP contribution in [0.4, 0.5) is 0 Å². The van der Waals surface area contributed by atoms with Crippen LogP contribution in [0, 0.1) is 12.8 Å². The second-order valence-corrected chi connectivity index (χ2v) is 4.11. The second kappa shape index (κ2) is 5.16. The first-order chi connectivity index (χ1) is 7.06. The van der Waals surface area contributed by atoms with Crippen LogP contribution in [0.15, 0.2) is 6.20 Å². The maximum atomic E-state index is 11.7. The summed E-state index contributed by atoms with van der Waals surface area (Å²) in [6.45, 7) is 5.76. The van der Waals surface area contributed by atoms with Crippen molar-refractivity contribution in [2.75, 3.05) is 5.88 Å². The van der Waals surface area contributed by atoms with Crippen LogP contribution in [0.2, 0.25) is 0 Å². The minimum Gasteiger partial charge on any atom is -0.349 e. The maximum absolute atomic E-state index is 11.7. The van der Waals surface area contributed by atoms with E-state index in [0.29, 0.717) is 11.4 Å². The van der Waals surface area contributed by atoms with E-state index < -0.39 is 0 Å². The van der Waals surface area contributed by atoms with E-state index in [2.05, 4.69) is 15.5 Å². The zero-order valence-electron chi connectivity index (χ0n) is 9.17. The number of amides is 1. The van der Waals surface area contributed by atoms with Crippen LogP contribution in [0.25, 0.3) is 0 Å². The number of carbonyl (C=O) groups is 1. The normalized spacial score (nSPS) is 14.7. The number of nitrogens with one attached hydrogen (secondary N) is 2. The molecule has 1 heterocycles. The minimum atomic E-state index is -0.106. The molecule has 0 fully saturated rings. The molecular weight excluding hydrogens is 214 g/mol. The van der Waals surface area contributed by atoms with Crippen molar-refractivity contribution in [2.24, 2.45) is 5.92 Å². The van der Waals surface area contributed by atoms with E-state index in [9.17, 15) is 4.79 Å². The van der Waals surface area contributed by atoms with Crippen LogP contribution in [0.3, 0.4) is 0 Å². The first-order valence-electron chi connectivity index (χ1n) is 4.93. The molecule has 1 aromatic heterocycles. The molecule has 0 saturated heterocycles. The zero-order chi connectivity index (χ0) is 11.4. The highest BCUT2D eigenvalue weighted by atomic mass is 35.5. The minimum absolute atomic E-state index is 0.0595. The first-order valence-corrected chi connectivity index (χ1v) is 5.46. The summed E-state index contributed by atoms with van der Waals surface area (Å²) in [7, 11) is 0. The van der Waals surface area contributed by atoms with E-state index in [1.54, 1.807) is 0 Å². The van der Waals surface area contributed by atoms with Gasteiger partial charge in [0.15, 0.2) is 0 Å². The van der Waals surface area contributed by atoms with Crippen molar-refractivity contribution in [2.45, 2.75) is 26.8 Å². The highest BCUT2D eigenvalue weighted by molar-refractivity contribution is 6.18. The molecule has 84 valence electrons. The molecule has 0 aliphatic carbocycles. The van der Waals surface area contributed by atoms with Crippen LogP contribution in [0.1, 0.15) is 29.9 Å². The molecule has 15 heavy (non-hydrogen) atoms. The van der Waals surface area contributed by atoms with Crippen molar-refractivity contribution < 1.29 is 4.79 Å². The molecule has 0 spiro atoms. The zero-order valence-corrected chi connectivity index (χ0v) is 9.93. The highest BCUT2D eigenvalue weighted by Gasteiger charge is 2.16. The number of aryl methyl sites for hydroxylation is 1. The molecule has 1 rings (SSSR count). The van der Waals surface area contributed by atoms with Crippen molar-refractivity contribution >= 4 is 17.5 Å². The lowest BCUT2D eigenvalue weighted by Crippen LogP contribution is -2.37. The van der Waals surface area contributed by atoms with Crippen molar-refractivity contribution in [3.63, 3.8) is 0 Å². The van der Waals surface area contributed by atoms with Gasteiger partial charge in [-0.1, -0.05) is 6.92 Å². The number of alkyl halides is 1. The van der Waals surface area contributed by atoms with E-state index in [1.165, 1.54) is 6.20 Å². The molecular formula is C10H16ClN3O. The van der Waals surface area contributed by atoms with E-state index in [4.69, 9.17) is 11.6 Å². The van der Waals surface area contributed by atoms with Crippen LogP contribution >= 0.6 is 11.6 Å². The molecule has 4 nitrogen and oxygen atoms in total. The molecule has 5 heteroatoms. The van der Waals surface area contributed by atoms with E-state index >= 15 is 0 Å². The van der Waals surface area contributed by atoms with Gasteiger partial charge >= 0.3 is 0 Å². The van der Waals surface area contributed by atoms with Crippen molar-refractivity contribution in [3.8, 4) is 0 Å². The lowest BCUT2D eigenvalue weighted by molar-refractivity contribution is 0.0930. The standard InChI is InChI=1S/C10H16ClN3O/c1-6(4-11)7(2)13-10(15)9-5-12-14-8(9)3/h5-7H,4H2,1-3H3,(H,12,14)(H,13,15). The number of rotatable bonds is 4. The topological polar surface area (TPSA) is 57.8 Å². The summed E-state index contributed by atoms with van der Waals surface area (Å²) in [6, 6.07) is 0.0595. The number of H-pyrrole nitrogens is 1. The summed E-state index contributed by atoms with van der Waals surface area (Å²) in [6.07, 6.45) is 1.53. The SMILES string of the molecule is Cc1[nH]ncc1C(=O)NC(C)C(C)CCl. The fraction of sp³-hybridized carbons (Fsp3) is 0.600. The number of aromatic nitrogens is 2. The third-order valence-electron chi connectivity index (χ3n) is 2.53. The Balaban J connectivity index is 2.60. The molecule has 0 radical (unpaired) electrons. The quantitative estimate of drug-likeness (QED) is 0.773. The molecule has 1 amide bonds. The third-order valence-corrected chi connectivity index (χ3v) is 3.02. The number of carbonyl (C=O) groups excluding carboxylic acids is 1. The summed E-state index contributed by atoms with van der Waals surface area (Å²) in [4.78, 5) is 11.7. The summed E-state index contributed by atoms with van der Waals surface area (Å²) < 4.78 is 0. The van der Waals surface area contributed by atoms with Gasteiger partial charge in [0.05, 0.1) is 11.8 Å². The first kappa shape index (κ1) is 12.0. The molecule has 2 N–H and O–H groups in total. The van der Waals surface area contributed by atoms with E-state index in [1.807, 2.05) is 20.8 Å². The predicted octanol–water partition coefficient (Wildman–Crippen LogP) is 1.71. The Morgan fingerprint density at radius 3 is 2.80 bits per heavy atom. The predicted molar refractivity (Wildman–Crippen MR) is 60.1 cm³/mol. The largest absolute Gasteiger partial charge is 0.349 e. The summed E-state index contributed by atoms with van der Waals surface area (Å²) in [5, 5.41) is 9.42. The average molecular weight is 230 g/mol. The van der Waals surface area contributed by atoms with Gasteiger partial charge in [-0.2, -0.15) is 5.10 Å². The molecule has 2 atom stereocenters. The Hall–Kier alpha value is -1.03. The van der Waals surface area contributed by atoms with Crippen LogP contribution in [-0.4, -0.2) is 28.0 Å². The van der Waals surface area contributed by atoms with Gasteiger partial charge in [-0.15, -0.1) is 11.6 Å². The molecule has 0 aromatic carbocycles. The number of halogens is 1. The smallest absolute Gasteiger partial charge is 0.254 e. The summed E-state index contributed by atoms with van der Waals surface area (Å²) >= 11 is 5.72. The number of hydrogen-bond donors (Lipinski definition) is 2. The fourth-order valence-electron chi connectivity index (χ4n) is 1.14. The van der Waals surface area contributed by atoms with Gasteiger partial charge in [-0.3, -0.25) is 9.89 Å². The van der Waals surface area contributed by atoms with Crippen LogP contribution in [0.5, 0.6) is 0 Å². The molecule has 2 unspecified atom stereocenters. The summed E-state index contributed by atoms with van der Waals surface area (Å²) in [5.74, 6) is 0.680. The Bertz CT molecular complexity index is 337.